The third-order valence-corrected chi connectivity index (χ3v) is 0.104. The Morgan fingerprint density at radius 3 is 2.25 bits per heavy atom. The van der Waals surface area contributed by atoms with Crippen LogP contribution >= 0.6 is 11.9 Å². The van der Waals surface area contributed by atoms with Gasteiger partial charge in [-0.2, -0.15) is 0 Å². The second-order valence-corrected chi connectivity index (χ2v) is 0.323. The summed E-state index contributed by atoms with van der Waals surface area (Å²) in [6.07, 6.45) is 1.20. The monoisotopic (exact) mass is 77.0 g/mol. The van der Waals surface area contributed by atoms with Gasteiger partial charge in [0.1, 0.15) is 11.9 Å². The average molecular weight is 77.5 g/mol. The van der Waals surface area contributed by atoms with E-state index in [0.717, 1.165) is 0 Å². The Bertz CT molecular complexity index is 37.8. The van der Waals surface area contributed by atoms with Crippen molar-refractivity contribution in [3.63, 3.8) is 0 Å². The Kier molecular flexibility index (Phi) is 2.31. The van der Waals surface area contributed by atoms with Crippen LogP contribution in [-0.2, 0) is 4.29 Å². The third-order valence-electron chi connectivity index (χ3n) is 0.0345. The van der Waals surface area contributed by atoms with Crippen LogP contribution in [0.5, 0.6) is 0 Å². The van der Waals surface area contributed by atoms with Crippen molar-refractivity contribution in [3.05, 3.63) is 0 Å². The molecule has 0 aliphatic rings. The summed E-state index contributed by atoms with van der Waals surface area (Å²) in [5.74, 6) is 0. The van der Waals surface area contributed by atoms with E-state index in [4.69, 9.17) is 5.26 Å². The van der Waals surface area contributed by atoms with Crippen LogP contribution in [0.2, 0.25) is 0 Å². The SMILES string of the molecule is N#COCl. The van der Waals surface area contributed by atoms with Crippen molar-refractivity contribution in [2.75, 3.05) is 0 Å². The van der Waals surface area contributed by atoms with Crippen molar-refractivity contribution in [3.8, 4) is 6.26 Å². The zero-order valence-corrected chi connectivity index (χ0v) is 2.49. The molecule has 0 aliphatic heterocycles. The molecule has 0 bridgehead atoms. The molecule has 0 saturated heterocycles. The van der Waals surface area contributed by atoms with E-state index < -0.39 is 0 Å². The van der Waals surface area contributed by atoms with E-state index in [0.29, 0.717) is 0 Å². The van der Waals surface area contributed by atoms with Crippen molar-refractivity contribution < 1.29 is 4.29 Å². The van der Waals surface area contributed by atoms with Crippen molar-refractivity contribution in [1.82, 2.24) is 0 Å². The highest BCUT2D eigenvalue weighted by atomic mass is 35.5. The molecule has 0 aromatic heterocycles. The summed E-state index contributed by atoms with van der Waals surface area (Å²) in [6, 6.07) is 0. The molecular formula is CClNO. The van der Waals surface area contributed by atoms with E-state index in [-0.39, 0.29) is 0 Å². The quantitative estimate of drug-likeness (QED) is 0.398. The summed E-state index contributed by atoms with van der Waals surface area (Å²) in [6.45, 7) is 0. The molecule has 0 fully saturated rings. The molecule has 0 aromatic carbocycles. The Morgan fingerprint density at radius 2 is 2.25 bits per heavy atom. The normalized spacial score (nSPS) is 4.00. The van der Waals surface area contributed by atoms with Crippen molar-refractivity contribution >= 4 is 11.9 Å². The van der Waals surface area contributed by atoms with Gasteiger partial charge in [-0.05, 0) is 0 Å². The molecule has 4 heavy (non-hydrogen) atoms. The van der Waals surface area contributed by atoms with Gasteiger partial charge >= 0.3 is 6.26 Å². The van der Waals surface area contributed by atoms with Crippen LogP contribution in [0.1, 0.15) is 0 Å². The highest BCUT2D eigenvalue weighted by Gasteiger charge is 1.48. The highest BCUT2D eigenvalue weighted by Crippen LogP contribution is 1.66. The summed E-state index contributed by atoms with van der Waals surface area (Å²) in [5, 5.41) is 7.27. The third kappa shape index (κ3) is 1.58. The molecular weight excluding hydrogens is 77.5 g/mol. The second kappa shape index (κ2) is 2.58. The molecule has 22 valence electrons. The van der Waals surface area contributed by atoms with Gasteiger partial charge in [0.25, 0.3) is 0 Å². The van der Waals surface area contributed by atoms with Crippen LogP contribution in [-0.4, -0.2) is 0 Å². The first kappa shape index (κ1) is 3.58. The largest absolute Gasteiger partial charge is 0.307 e. The van der Waals surface area contributed by atoms with E-state index in [1.807, 2.05) is 0 Å². The Hall–Kier alpha value is -0.420. The zero-order chi connectivity index (χ0) is 3.41. The van der Waals surface area contributed by atoms with Crippen LogP contribution in [0, 0.1) is 11.5 Å². The van der Waals surface area contributed by atoms with Gasteiger partial charge in [0.2, 0.25) is 0 Å². The molecule has 0 amide bonds. The zero-order valence-electron chi connectivity index (χ0n) is 1.73. The summed E-state index contributed by atoms with van der Waals surface area (Å²) in [5.41, 5.74) is 0. The number of rotatable bonds is 0. The van der Waals surface area contributed by atoms with Crippen molar-refractivity contribution in [2.24, 2.45) is 0 Å². The van der Waals surface area contributed by atoms with Gasteiger partial charge in [-0.15, -0.1) is 5.26 Å². The molecule has 0 rings (SSSR count). The smallest absolute Gasteiger partial charge is 0.306 e. The van der Waals surface area contributed by atoms with Gasteiger partial charge in [-0.1, -0.05) is 0 Å². The lowest BCUT2D eigenvalue weighted by atomic mass is 11.6. The molecule has 0 atom stereocenters. The fourth-order valence-electron chi connectivity index (χ4n) is 0. The highest BCUT2D eigenvalue weighted by molar-refractivity contribution is 6.07. The lowest BCUT2D eigenvalue weighted by molar-refractivity contribution is 0.567. The summed E-state index contributed by atoms with van der Waals surface area (Å²) in [4.78, 5) is 0. The molecule has 0 heterocycles. The average Bonchev–Trinajstić information content (AvgIpc) is 1.37. The number of halogens is 1. The van der Waals surface area contributed by atoms with Gasteiger partial charge < -0.3 is 4.29 Å². The van der Waals surface area contributed by atoms with Crippen LogP contribution in [0.4, 0.5) is 0 Å². The number of nitriles is 1. The van der Waals surface area contributed by atoms with E-state index in [1.54, 1.807) is 0 Å². The minimum absolute atomic E-state index is 1.20. The van der Waals surface area contributed by atoms with Crippen molar-refractivity contribution in [2.45, 2.75) is 0 Å². The Balaban J connectivity index is 2.43. The van der Waals surface area contributed by atoms with Crippen LogP contribution < -0.4 is 0 Å². The fourth-order valence-corrected chi connectivity index (χ4v) is 0. The van der Waals surface area contributed by atoms with E-state index >= 15 is 0 Å². The lowest BCUT2D eigenvalue weighted by Gasteiger charge is -1.53. The predicted molar refractivity (Wildman–Crippen MR) is 12.6 cm³/mol. The molecule has 0 aliphatic carbocycles. The van der Waals surface area contributed by atoms with Gasteiger partial charge in [-0.25, -0.2) is 0 Å². The van der Waals surface area contributed by atoms with Crippen molar-refractivity contribution in [1.29, 1.82) is 5.26 Å². The number of hydrogen-bond donors (Lipinski definition) is 0. The Labute approximate surface area is 28.7 Å². The van der Waals surface area contributed by atoms with Crippen LogP contribution in [0.15, 0.2) is 0 Å². The minimum Gasteiger partial charge on any atom is -0.307 e. The summed E-state index contributed by atoms with van der Waals surface area (Å²) < 4.78 is 3.32. The van der Waals surface area contributed by atoms with Crippen LogP contribution in [0.25, 0.3) is 0 Å². The fraction of sp³-hybridized carbons (Fsp3) is 0. The molecule has 0 spiro atoms. The molecule has 0 saturated carbocycles. The molecule has 0 aromatic rings. The van der Waals surface area contributed by atoms with E-state index in [1.165, 1.54) is 6.26 Å². The molecule has 0 N–H and O–H groups in total. The first-order valence-electron chi connectivity index (χ1n) is 0.582. The first-order valence-corrected chi connectivity index (χ1v) is 0.891. The predicted octanol–water partition coefficient (Wildman–Crippen LogP) is 0.638. The Morgan fingerprint density at radius 1 is 2.00 bits per heavy atom. The van der Waals surface area contributed by atoms with Gasteiger partial charge in [0.15, 0.2) is 0 Å². The second-order valence-electron chi connectivity index (χ2n) is 0.168. The number of hydrogen-bond acceptors (Lipinski definition) is 2. The van der Waals surface area contributed by atoms with E-state index in [9.17, 15) is 0 Å². The maximum absolute atomic E-state index is 7.27. The van der Waals surface area contributed by atoms with E-state index in [2.05, 4.69) is 16.2 Å². The topological polar surface area (TPSA) is 33.0 Å². The molecule has 0 unspecified atom stereocenters. The minimum atomic E-state index is 1.20. The molecule has 0 radical (unpaired) electrons. The summed E-state index contributed by atoms with van der Waals surface area (Å²) in [7, 11) is 0. The summed E-state index contributed by atoms with van der Waals surface area (Å²) >= 11 is 4.32. The van der Waals surface area contributed by atoms with Crippen LogP contribution in [0.3, 0.4) is 0 Å². The standard InChI is InChI=1S/CClNO/c2-4-1-3. The lowest BCUT2D eigenvalue weighted by Crippen LogP contribution is -1.40. The maximum atomic E-state index is 7.27. The first-order chi connectivity index (χ1) is 1.91. The number of nitrogens with zero attached hydrogens (tertiary/aromatic N) is 1. The van der Waals surface area contributed by atoms with Gasteiger partial charge in [0.05, 0.1) is 0 Å². The maximum Gasteiger partial charge on any atom is 0.306 e. The molecule has 3 heteroatoms. The van der Waals surface area contributed by atoms with Gasteiger partial charge in [0, 0.05) is 0 Å². The van der Waals surface area contributed by atoms with Gasteiger partial charge in [-0.3, -0.25) is 0 Å². The molecule has 2 nitrogen and oxygen atoms in total.